The number of aromatic nitrogens is 1. The number of nitrogens with zero attached hydrogens (tertiary/aromatic N) is 1. The Labute approximate surface area is 126 Å². The van der Waals surface area contributed by atoms with E-state index in [2.05, 4.69) is 10.3 Å². The molecule has 112 valence electrons. The third-order valence-corrected chi connectivity index (χ3v) is 4.05. The number of thiazole rings is 1. The number of aliphatic hydroxyl groups is 1. The van der Waals surface area contributed by atoms with Crippen LogP contribution in [0.25, 0.3) is 0 Å². The molecule has 0 saturated carbocycles. The number of nitrogens with one attached hydrogen (secondary N) is 1. The molecule has 0 aliphatic rings. The summed E-state index contributed by atoms with van der Waals surface area (Å²) in [6.07, 6.45) is 0.997. The van der Waals surface area contributed by atoms with Crippen LogP contribution in [0.15, 0.2) is 29.6 Å². The van der Waals surface area contributed by atoms with Gasteiger partial charge in [-0.3, -0.25) is 4.79 Å². The third kappa shape index (κ3) is 4.34. The average Bonchev–Trinajstić information content (AvgIpc) is 2.92. The number of hydrogen-bond donors (Lipinski definition) is 2. The smallest absolute Gasteiger partial charge is 0.226 e. The predicted octanol–water partition coefficient (Wildman–Crippen LogP) is 2.24. The molecule has 0 radical (unpaired) electrons. The van der Waals surface area contributed by atoms with Gasteiger partial charge in [-0.2, -0.15) is 0 Å². The van der Waals surface area contributed by atoms with Crippen molar-refractivity contribution in [3.63, 3.8) is 0 Å². The molecule has 0 bridgehead atoms. The summed E-state index contributed by atoms with van der Waals surface area (Å²) in [4.78, 5) is 16.3. The quantitative estimate of drug-likeness (QED) is 0.860. The maximum atomic E-state index is 13.2. The van der Waals surface area contributed by atoms with Crippen LogP contribution in [0.2, 0.25) is 0 Å². The zero-order valence-electron chi connectivity index (χ0n) is 11.7. The second-order valence-electron chi connectivity index (χ2n) is 4.62. The summed E-state index contributed by atoms with van der Waals surface area (Å²) in [5.41, 5.74) is 1.25. The molecular weight excluding hydrogens is 291 g/mol. The van der Waals surface area contributed by atoms with Crippen molar-refractivity contribution in [2.45, 2.75) is 25.8 Å². The van der Waals surface area contributed by atoms with E-state index in [1.54, 1.807) is 12.1 Å². The van der Waals surface area contributed by atoms with E-state index in [0.29, 0.717) is 11.3 Å². The maximum Gasteiger partial charge on any atom is 0.226 e. The molecule has 1 heterocycles. The number of benzene rings is 1. The Hall–Kier alpha value is -1.79. The van der Waals surface area contributed by atoms with Gasteiger partial charge in [0, 0.05) is 5.38 Å². The van der Waals surface area contributed by atoms with Crippen molar-refractivity contribution >= 4 is 17.2 Å². The molecule has 1 aromatic heterocycles. The van der Waals surface area contributed by atoms with Crippen LogP contribution in [-0.2, 0) is 17.6 Å². The highest BCUT2D eigenvalue weighted by molar-refractivity contribution is 7.09. The number of carbonyl (C=O) groups excluding carboxylic acids is 1. The highest BCUT2D eigenvalue weighted by Crippen LogP contribution is 2.15. The summed E-state index contributed by atoms with van der Waals surface area (Å²) >= 11 is 1.52. The Kier molecular flexibility index (Phi) is 5.41. The van der Waals surface area contributed by atoms with Crippen LogP contribution >= 0.6 is 11.3 Å². The number of rotatable bonds is 6. The van der Waals surface area contributed by atoms with Gasteiger partial charge in [0.15, 0.2) is 0 Å². The van der Waals surface area contributed by atoms with Gasteiger partial charge < -0.3 is 10.4 Å². The first-order valence-corrected chi connectivity index (χ1v) is 7.59. The molecule has 6 heteroatoms. The summed E-state index contributed by atoms with van der Waals surface area (Å²) in [5, 5.41) is 14.9. The van der Waals surface area contributed by atoms with Crippen LogP contribution in [0.4, 0.5) is 4.39 Å². The fourth-order valence-electron chi connectivity index (χ4n) is 1.96. The zero-order chi connectivity index (χ0) is 15.2. The van der Waals surface area contributed by atoms with Crippen molar-refractivity contribution < 1.29 is 14.3 Å². The van der Waals surface area contributed by atoms with Crippen LogP contribution in [0.5, 0.6) is 0 Å². The lowest BCUT2D eigenvalue weighted by Crippen LogP contribution is -2.32. The standard InChI is InChI=1S/C15H17FN2O2S/c1-2-15-17-12(9-21-15)7-14(20)18-13(8-19)10-4-3-5-11(16)6-10/h3-6,9,13,19H,2,7-8H2,1H3,(H,18,20). The molecule has 1 aromatic carbocycles. The summed E-state index contributed by atoms with van der Waals surface area (Å²) in [6.45, 7) is 1.72. The number of carbonyl (C=O) groups is 1. The van der Waals surface area contributed by atoms with E-state index in [4.69, 9.17) is 0 Å². The number of hydrogen-bond acceptors (Lipinski definition) is 4. The highest BCUT2D eigenvalue weighted by atomic mass is 32.1. The van der Waals surface area contributed by atoms with Crippen LogP contribution in [-0.4, -0.2) is 22.6 Å². The topological polar surface area (TPSA) is 62.2 Å². The largest absolute Gasteiger partial charge is 0.394 e. The van der Waals surface area contributed by atoms with Crippen molar-refractivity contribution in [1.29, 1.82) is 0 Å². The Balaban J connectivity index is 1.99. The molecule has 2 aromatic rings. The fraction of sp³-hybridized carbons (Fsp3) is 0.333. The molecular formula is C15H17FN2O2S. The van der Waals surface area contributed by atoms with Crippen molar-refractivity contribution in [2.24, 2.45) is 0 Å². The Morgan fingerprint density at radius 3 is 2.95 bits per heavy atom. The Morgan fingerprint density at radius 2 is 2.33 bits per heavy atom. The first-order chi connectivity index (χ1) is 10.1. The van der Waals surface area contributed by atoms with E-state index in [1.165, 1.54) is 23.5 Å². The Morgan fingerprint density at radius 1 is 1.52 bits per heavy atom. The van der Waals surface area contributed by atoms with E-state index in [9.17, 15) is 14.3 Å². The first kappa shape index (κ1) is 15.6. The minimum atomic E-state index is -0.613. The SMILES string of the molecule is CCc1nc(CC(=O)NC(CO)c2cccc(F)c2)cs1. The fourth-order valence-corrected chi connectivity index (χ4v) is 2.70. The highest BCUT2D eigenvalue weighted by Gasteiger charge is 2.15. The minimum Gasteiger partial charge on any atom is -0.394 e. The van der Waals surface area contributed by atoms with Gasteiger partial charge in [-0.25, -0.2) is 9.37 Å². The van der Waals surface area contributed by atoms with Gasteiger partial charge in [-0.05, 0) is 24.1 Å². The van der Waals surface area contributed by atoms with E-state index in [0.717, 1.165) is 11.4 Å². The molecule has 21 heavy (non-hydrogen) atoms. The predicted molar refractivity (Wildman–Crippen MR) is 79.6 cm³/mol. The summed E-state index contributed by atoms with van der Waals surface area (Å²) in [7, 11) is 0. The lowest BCUT2D eigenvalue weighted by molar-refractivity contribution is -0.121. The van der Waals surface area contributed by atoms with Crippen LogP contribution in [0.3, 0.4) is 0 Å². The second kappa shape index (κ2) is 7.28. The molecule has 0 fully saturated rings. The zero-order valence-corrected chi connectivity index (χ0v) is 12.5. The van der Waals surface area contributed by atoms with Crippen molar-refractivity contribution in [2.75, 3.05) is 6.61 Å². The van der Waals surface area contributed by atoms with Crippen LogP contribution < -0.4 is 5.32 Å². The minimum absolute atomic E-state index is 0.155. The van der Waals surface area contributed by atoms with Gasteiger partial charge in [0.25, 0.3) is 0 Å². The van der Waals surface area contributed by atoms with Crippen molar-refractivity contribution in [1.82, 2.24) is 10.3 Å². The van der Waals surface area contributed by atoms with Gasteiger partial charge in [0.2, 0.25) is 5.91 Å². The molecule has 1 atom stereocenters. The average molecular weight is 308 g/mol. The molecule has 0 saturated heterocycles. The van der Waals surface area contributed by atoms with Gasteiger partial charge in [0.05, 0.1) is 29.8 Å². The normalized spacial score (nSPS) is 12.1. The van der Waals surface area contributed by atoms with Crippen LogP contribution in [0.1, 0.15) is 29.2 Å². The van der Waals surface area contributed by atoms with E-state index < -0.39 is 11.9 Å². The number of halogens is 1. The maximum absolute atomic E-state index is 13.2. The summed E-state index contributed by atoms with van der Waals surface area (Å²) in [6, 6.07) is 5.23. The lowest BCUT2D eigenvalue weighted by atomic mass is 10.1. The van der Waals surface area contributed by atoms with Gasteiger partial charge in [-0.1, -0.05) is 19.1 Å². The molecule has 4 nitrogen and oxygen atoms in total. The summed E-state index contributed by atoms with van der Waals surface area (Å²) in [5.74, 6) is -0.640. The molecule has 2 N–H and O–H groups in total. The van der Waals surface area contributed by atoms with Gasteiger partial charge in [0.1, 0.15) is 5.82 Å². The number of aliphatic hydroxyl groups excluding tert-OH is 1. The van der Waals surface area contributed by atoms with Crippen molar-refractivity contribution in [3.8, 4) is 0 Å². The number of aryl methyl sites for hydroxylation is 1. The third-order valence-electron chi connectivity index (χ3n) is 3.01. The molecule has 1 amide bonds. The second-order valence-corrected chi connectivity index (χ2v) is 5.56. The van der Waals surface area contributed by atoms with E-state index in [1.807, 2.05) is 12.3 Å². The molecule has 1 unspecified atom stereocenters. The van der Waals surface area contributed by atoms with E-state index in [-0.39, 0.29) is 18.9 Å². The summed E-state index contributed by atoms with van der Waals surface area (Å²) < 4.78 is 13.2. The molecule has 0 aliphatic carbocycles. The first-order valence-electron chi connectivity index (χ1n) is 6.71. The Bertz CT molecular complexity index is 615. The lowest BCUT2D eigenvalue weighted by Gasteiger charge is -2.16. The monoisotopic (exact) mass is 308 g/mol. The molecule has 2 rings (SSSR count). The molecule has 0 spiro atoms. The molecule has 0 aliphatic heterocycles. The number of amides is 1. The van der Waals surface area contributed by atoms with Crippen LogP contribution in [0, 0.1) is 5.82 Å². The van der Waals surface area contributed by atoms with Crippen molar-refractivity contribution in [3.05, 3.63) is 51.7 Å². The van der Waals surface area contributed by atoms with E-state index >= 15 is 0 Å². The van der Waals surface area contributed by atoms with Gasteiger partial charge >= 0.3 is 0 Å². The van der Waals surface area contributed by atoms with Gasteiger partial charge in [-0.15, -0.1) is 11.3 Å².